The third kappa shape index (κ3) is 4.15. The van der Waals surface area contributed by atoms with Crippen LogP contribution in [-0.4, -0.2) is 32.6 Å². The second-order valence-corrected chi connectivity index (χ2v) is 6.11. The highest BCUT2D eigenvalue weighted by molar-refractivity contribution is 7.89. The number of anilines is 1. The molecular formula is C9H10Cl2F2N2O3S. The number of nitrogens with one attached hydrogen (secondary N) is 1. The molecule has 5 nitrogen and oxygen atoms in total. The number of sulfonamides is 1. The predicted molar refractivity (Wildman–Crippen MR) is 68.1 cm³/mol. The van der Waals surface area contributed by atoms with E-state index in [1.807, 2.05) is 0 Å². The van der Waals surface area contributed by atoms with Crippen molar-refractivity contribution in [2.24, 2.45) is 0 Å². The summed E-state index contributed by atoms with van der Waals surface area (Å²) < 4.78 is 49.6. The lowest BCUT2D eigenvalue weighted by atomic mass is 10.3. The van der Waals surface area contributed by atoms with Gasteiger partial charge in [-0.15, -0.1) is 0 Å². The Balaban J connectivity index is 3.02. The molecule has 0 saturated carbocycles. The highest BCUT2D eigenvalue weighted by Gasteiger charge is 2.25. The first kappa shape index (κ1) is 16.4. The number of nitrogens with two attached hydrogens (primary N) is 1. The lowest BCUT2D eigenvalue weighted by Crippen LogP contribution is -2.36. The SMILES string of the molecule is Nc1cc(Cl)cc(Cl)c1S(=O)(=O)NCC(O)C(F)F. The van der Waals surface area contributed by atoms with Crippen molar-refractivity contribution in [3.05, 3.63) is 22.2 Å². The number of rotatable bonds is 5. The zero-order valence-electron chi connectivity index (χ0n) is 9.28. The van der Waals surface area contributed by atoms with Crippen molar-refractivity contribution in [3.8, 4) is 0 Å². The fourth-order valence-electron chi connectivity index (χ4n) is 1.22. The Kier molecular flexibility index (Phi) is 5.34. The Labute approximate surface area is 118 Å². The van der Waals surface area contributed by atoms with Crippen LogP contribution < -0.4 is 10.5 Å². The Hall–Kier alpha value is -0.670. The number of benzene rings is 1. The first-order valence-electron chi connectivity index (χ1n) is 4.85. The van der Waals surface area contributed by atoms with Gasteiger partial charge in [0, 0.05) is 11.6 Å². The van der Waals surface area contributed by atoms with Crippen molar-refractivity contribution in [1.82, 2.24) is 4.72 Å². The number of aliphatic hydroxyl groups is 1. The van der Waals surface area contributed by atoms with Crippen molar-refractivity contribution in [1.29, 1.82) is 0 Å². The smallest absolute Gasteiger partial charge is 0.265 e. The molecule has 1 unspecified atom stereocenters. The van der Waals surface area contributed by atoms with Crippen molar-refractivity contribution in [2.75, 3.05) is 12.3 Å². The molecule has 0 aromatic heterocycles. The lowest BCUT2D eigenvalue weighted by Gasteiger charge is -2.13. The van der Waals surface area contributed by atoms with Crippen LogP contribution in [0.1, 0.15) is 0 Å². The van der Waals surface area contributed by atoms with E-state index in [4.69, 9.17) is 34.0 Å². The van der Waals surface area contributed by atoms with Gasteiger partial charge in [-0.25, -0.2) is 21.9 Å². The number of nitrogen functional groups attached to an aromatic ring is 1. The fourth-order valence-corrected chi connectivity index (χ4v) is 3.25. The first-order chi connectivity index (χ1) is 8.65. The second kappa shape index (κ2) is 6.19. The maximum atomic E-state index is 12.1. The van der Waals surface area contributed by atoms with Crippen LogP contribution in [0.3, 0.4) is 0 Å². The summed E-state index contributed by atoms with van der Waals surface area (Å²) in [5.74, 6) is 0. The van der Waals surface area contributed by atoms with E-state index in [1.165, 1.54) is 0 Å². The van der Waals surface area contributed by atoms with Gasteiger partial charge in [0.2, 0.25) is 10.0 Å². The van der Waals surface area contributed by atoms with E-state index in [0.717, 1.165) is 12.1 Å². The molecule has 1 aromatic carbocycles. The number of hydrogen-bond acceptors (Lipinski definition) is 4. The third-order valence-corrected chi connectivity index (χ3v) is 4.25. The molecule has 0 aliphatic heterocycles. The lowest BCUT2D eigenvalue weighted by molar-refractivity contribution is -0.000449. The Morgan fingerprint density at radius 1 is 1.37 bits per heavy atom. The molecule has 0 spiro atoms. The number of halogens is 4. The molecule has 19 heavy (non-hydrogen) atoms. The number of aliphatic hydroxyl groups excluding tert-OH is 1. The van der Waals surface area contributed by atoms with Gasteiger partial charge in [-0.2, -0.15) is 0 Å². The molecule has 4 N–H and O–H groups in total. The van der Waals surface area contributed by atoms with Crippen molar-refractivity contribution in [2.45, 2.75) is 17.4 Å². The van der Waals surface area contributed by atoms with Crippen LogP contribution in [0.15, 0.2) is 17.0 Å². The summed E-state index contributed by atoms with van der Waals surface area (Å²) in [4.78, 5) is -0.472. The monoisotopic (exact) mass is 334 g/mol. The standard InChI is InChI=1S/C9H10Cl2F2N2O3S/c10-4-1-5(11)8(6(14)2-4)19(17,18)15-3-7(16)9(12)13/h1-2,7,9,15-16H,3,14H2. The first-order valence-corrected chi connectivity index (χ1v) is 7.09. The quantitative estimate of drug-likeness (QED) is 0.711. The topological polar surface area (TPSA) is 92.4 Å². The molecule has 0 amide bonds. The summed E-state index contributed by atoms with van der Waals surface area (Å²) >= 11 is 11.3. The van der Waals surface area contributed by atoms with Crippen molar-refractivity contribution < 1.29 is 22.3 Å². The molecule has 1 aromatic rings. The molecule has 1 atom stereocenters. The van der Waals surface area contributed by atoms with Gasteiger partial charge in [0.1, 0.15) is 11.0 Å². The van der Waals surface area contributed by atoms with E-state index >= 15 is 0 Å². The Bertz CT molecular complexity index is 546. The molecule has 1 rings (SSSR count). The van der Waals surface area contributed by atoms with Crippen LogP contribution in [0, 0.1) is 0 Å². The Morgan fingerprint density at radius 2 is 1.95 bits per heavy atom. The van der Waals surface area contributed by atoms with E-state index in [2.05, 4.69) is 0 Å². The van der Waals surface area contributed by atoms with Gasteiger partial charge in [-0.05, 0) is 12.1 Å². The largest absolute Gasteiger partial charge is 0.398 e. The zero-order valence-corrected chi connectivity index (χ0v) is 11.6. The predicted octanol–water partition coefficient (Wildman–Crippen LogP) is 1.48. The maximum absolute atomic E-state index is 12.1. The van der Waals surface area contributed by atoms with E-state index < -0.39 is 34.0 Å². The highest BCUT2D eigenvalue weighted by Crippen LogP contribution is 2.30. The van der Waals surface area contributed by atoms with E-state index in [-0.39, 0.29) is 15.7 Å². The minimum absolute atomic E-state index is 0.133. The fraction of sp³-hybridized carbons (Fsp3) is 0.333. The molecule has 0 radical (unpaired) electrons. The molecule has 0 bridgehead atoms. The number of alkyl halides is 2. The van der Waals surface area contributed by atoms with Crippen molar-refractivity contribution >= 4 is 38.9 Å². The van der Waals surface area contributed by atoms with Gasteiger partial charge in [0.25, 0.3) is 6.43 Å². The highest BCUT2D eigenvalue weighted by atomic mass is 35.5. The van der Waals surface area contributed by atoms with Crippen LogP contribution >= 0.6 is 23.2 Å². The molecule has 0 aliphatic carbocycles. The molecule has 0 saturated heterocycles. The zero-order chi connectivity index (χ0) is 14.8. The molecular weight excluding hydrogens is 325 g/mol. The number of hydrogen-bond donors (Lipinski definition) is 3. The molecule has 0 aliphatic rings. The van der Waals surface area contributed by atoms with Crippen LogP contribution in [0.4, 0.5) is 14.5 Å². The summed E-state index contributed by atoms with van der Waals surface area (Å²) in [5.41, 5.74) is 5.25. The maximum Gasteiger partial charge on any atom is 0.265 e. The van der Waals surface area contributed by atoms with Crippen LogP contribution in [-0.2, 0) is 10.0 Å². The van der Waals surface area contributed by atoms with Crippen LogP contribution in [0.5, 0.6) is 0 Å². The summed E-state index contributed by atoms with van der Waals surface area (Å²) in [7, 11) is -4.23. The summed E-state index contributed by atoms with van der Waals surface area (Å²) in [6, 6.07) is 2.31. The summed E-state index contributed by atoms with van der Waals surface area (Å²) in [6.07, 6.45) is -5.19. The molecule has 10 heteroatoms. The minimum Gasteiger partial charge on any atom is -0.398 e. The average Bonchev–Trinajstić information content (AvgIpc) is 2.23. The van der Waals surface area contributed by atoms with E-state index in [1.54, 1.807) is 4.72 Å². The molecule has 108 valence electrons. The average molecular weight is 335 g/mol. The Morgan fingerprint density at radius 3 is 2.42 bits per heavy atom. The van der Waals surface area contributed by atoms with E-state index in [0.29, 0.717) is 0 Å². The van der Waals surface area contributed by atoms with Crippen LogP contribution in [0.2, 0.25) is 10.0 Å². The second-order valence-electron chi connectivity index (χ2n) is 3.56. The van der Waals surface area contributed by atoms with Crippen molar-refractivity contribution in [3.63, 3.8) is 0 Å². The van der Waals surface area contributed by atoms with Crippen LogP contribution in [0.25, 0.3) is 0 Å². The third-order valence-electron chi connectivity index (χ3n) is 2.08. The van der Waals surface area contributed by atoms with Gasteiger partial charge in [0.05, 0.1) is 10.7 Å². The van der Waals surface area contributed by atoms with Gasteiger partial charge < -0.3 is 10.8 Å². The normalized spacial score (nSPS) is 13.8. The van der Waals surface area contributed by atoms with Gasteiger partial charge in [0.15, 0.2) is 0 Å². The van der Waals surface area contributed by atoms with E-state index in [9.17, 15) is 17.2 Å². The minimum atomic E-state index is -4.23. The van der Waals surface area contributed by atoms with Gasteiger partial charge >= 0.3 is 0 Å². The molecule has 0 heterocycles. The van der Waals surface area contributed by atoms with Gasteiger partial charge in [-0.3, -0.25) is 0 Å². The summed E-state index contributed by atoms with van der Waals surface area (Å²) in [6.45, 7) is -0.863. The molecule has 0 fully saturated rings. The van der Waals surface area contributed by atoms with Gasteiger partial charge in [-0.1, -0.05) is 23.2 Å². The summed E-state index contributed by atoms with van der Waals surface area (Å²) in [5, 5.41) is 8.74.